The molecule has 1 aromatic carbocycles. The van der Waals surface area contributed by atoms with Gasteiger partial charge in [0.25, 0.3) is 0 Å². The molecule has 1 rings (SSSR count). The molecule has 2 atom stereocenters. The molecular weight excluding hydrogens is 248 g/mol. The standard InChI is InChI=1S/C17H28N2O/c1-4-8-15(18)12-17(20)19-16(11-13(2)3)14-9-6-5-7-10-14/h5-7,9-10,13,15-16H,4,8,11-12,18H2,1-3H3,(H,19,20). The van der Waals surface area contributed by atoms with E-state index in [4.69, 9.17) is 5.73 Å². The second-order valence-corrected chi connectivity index (χ2v) is 5.91. The molecule has 3 nitrogen and oxygen atoms in total. The topological polar surface area (TPSA) is 55.1 Å². The van der Waals surface area contributed by atoms with Crippen molar-refractivity contribution < 1.29 is 4.79 Å². The third kappa shape index (κ3) is 6.20. The van der Waals surface area contributed by atoms with Crippen molar-refractivity contribution >= 4 is 5.91 Å². The number of carbonyl (C=O) groups is 1. The molecule has 0 aliphatic heterocycles. The second kappa shape index (κ2) is 8.75. The molecule has 0 spiro atoms. The van der Waals surface area contributed by atoms with Gasteiger partial charge in [-0.25, -0.2) is 0 Å². The summed E-state index contributed by atoms with van der Waals surface area (Å²) in [6, 6.07) is 10.2. The molecule has 0 aliphatic rings. The fraction of sp³-hybridized carbons (Fsp3) is 0.588. The van der Waals surface area contributed by atoms with Crippen molar-refractivity contribution in [3.63, 3.8) is 0 Å². The van der Waals surface area contributed by atoms with E-state index < -0.39 is 0 Å². The summed E-state index contributed by atoms with van der Waals surface area (Å²) in [7, 11) is 0. The van der Waals surface area contributed by atoms with Crippen LogP contribution >= 0.6 is 0 Å². The molecule has 0 aromatic heterocycles. The summed E-state index contributed by atoms with van der Waals surface area (Å²) in [6.07, 6.45) is 3.27. The lowest BCUT2D eigenvalue weighted by Gasteiger charge is -2.22. The van der Waals surface area contributed by atoms with Gasteiger partial charge in [-0.2, -0.15) is 0 Å². The predicted octanol–water partition coefficient (Wildman–Crippen LogP) is 3.41. The molecule has 0 fully saturated rings. The molecule has 0 heterocycles. The van der Waals surface area contributed by atoms with Crippen LogP contribution in [-0.2, 0) is 4.79 Å². The molecule has 3 N–H and O–H groups in total. The Morgan fingerprint density at radius 3 is 2.45 bits per heavy atom. The molecule has 112 valence electrons. The van der Waals surface area contributed by atoms with E-state index in [2.05, 4.69) is 38.2 Å². The minimum Gasteiger partial charge on any atom is -0.349 e. The number of amides is 1. The van der Waals surface area contributed by atoms with Crippen LogP contribution in [0.5, 0.6) is 0 Å². The first kappa shape index (κ1) is 16.7. The fourth-order valence-corrected chi connectivity index (χ4v) is 2.40. The average Bonchev–Trinajstić information content (AvgIpc) is 2.38. The Morgan fingerprint density at radius 1 is 1.25 bits per heavy atom. The molecular formula is C17H28N2O. The number of carbonyl (C=O) groups excluding carboxylic acids is 1. The zero-order valence-corrected chi connectivity index (χ0v) is 12.9. The van der Waals surface area contributed by atoms with E-state index in [1.165, 1.54) is 5.56 Å². The molecule has 0 saturated heterocycles. The van der Waals surface area contributed by atoms with E-state index in [9.17, 15) is 4.79 Å². The quantitative estimate of drug-likeness (QED) is 0.764. The minimum absolute atomic E-state index is 0.0320. The molecule has 0 saturated carbocycles. The number of nitrogens with two attached hydrogens (primary N) is 1. The smallest absolute Gasteiger partial charge is 0.222 e. The van der Waals surface area contributed by atoms with Crippen LogP contribution in [0.3, 0.4) is 0 Å². The van der Waals surface area contributed by atoms with E-state index in [0.29, 0.717) is 12.3 Å². The zero-order chi connectivity index (χ0) is 15.0. The Balaban J connectivity index is 2.63. The number of rotatable bonds is 8. The molecule has 0 radical (unpaired) electrons. The van der Waals surface area contributed by atoms with Crippen molar-refractivity contribution in [3.05, 3.63) is 35.9 Å². The molecule has 3 heteroatoms. The summed E-state index contributed by atoms with van der Waals surface area (Å²) in [5.74, 6) is 0.588. The van der Waals surface area contributed by atoms with Gasteiger partial charge in [0.2, 0.25) is 5.91 Å². The van der Waals surface area contributed by atoms with Crippen molar-refractivity contribution in [2.75, 3.05) is 0 Å². The maximum absolute atomic E-state index is 12.1. The Bertz CT molecular complexity index is 389. The zero-order valence-electron chi connectivity index (χ0n) is 12.9. The molecule has 2 unspecified atom stereocenters. The number of hydrogen-bond donors (Lipinski definition) is 2. The van der Waals surface area contributed by atoms with Gasteiger partial charge in [0.05, 0.1) is 6.04 Å². The summed E-state index contributed by atoms with van der Waals surface area (Å²) >= 11 is 0. The lowest BCUT2D eigenvalue weighted by Crippen LogP contribution is -2.34. The molecule has 20 heavy (non-hydrogen) atoms. The van der Waals surface area contributed by atoms with Gasteiger partial charge in [-0.15, -0.1) is 0 Å². The van der Waals surface area contributed by atoms with Crippen molar-refractivity contribution in [2.24, 2.45) is 11.7 Å². The van der Waals surface area contributed by atoms with Gasteiger partial charge >= 0.3 is 0 Å². The first-order valence-electron chi connectivity index (χ1n) is 7.62. The van der Waals surface area contributed by atoms with Gasteiger partial charge in [0, 0.05) is 12.5 Å². The van der Waals surface area contributed by atoms with E-state index in [0.717, 1.165) is 19.3 Å². The SMILES string of the molecule is CCCC(N)CC(=O)NC(CC(C)C)c1ccccc1. The second-order valence-electron chi connectivity index (χ2n) is 5.91. The average molecular weight is 276 g/mol. The highest BCUT2D eigenvalue weighted by Crippen LogP contribution is 2.21. The highest BCUT2D eigenvalue weighted by molar-refractivity contribution is 5.77. The summed E-state index contributed by atoms with van der Waals surface area (Å²) in [5.41, 5.74) is 7.11. The van der Waals surface area contributed by atoms with Gasteiger partial charge in [-0.3, -0.25) is 4.79 Å². The molecule has 0 bridgehead atoms. The fourth-order valence-electron chi connectivity index (χ4n) is 2.40. The third-order valence-electron chi connectivity index (χ3n) is 3.35. The van der Waals surface area contributed by atoms with Gasteiger partial charge in [0.1, 0.15) is 0 Å². The van der Waals surface area contributed by atoms with Crippen LogP contribution < -0.4 is 11.1 Å². The molecule has 1 amide bonds. The van der Waals surface area contributed by atoms with Crippen molar-refractivity contribution in [1.29, 1.82) is 0 Å². The third-order valence-corrected chi connectivity index (χ3v) is 3.35. The highest BCUT2D eigenvalue weighted by atomic mass is 16.1. The summed E-state index contributed by atoms with van der Waals surface area (Å²) < 4.78 is 0. The van der Waals surface area contributed by atoms with E-state index in [-0.39, 0.29) is 18.0 Å². The summed E-state index contributed by atoms with van der Waals surface area (Å²) in [4.78, 5) is 12.1. The van der Waals surface area contributed by atoms with E-state index in [1.54, 1.807) is 0 Å². The van der Waals surface area contributed by atoms with Crippen LogP contribution in [0, 0.1) is 5.92 Å². The van der Waals surface area contributed by atoms with Crippen LogP contribution in [0.2, 0.25) is 0 Å². The van der Waals surface area contributed by atoms with Gasteiger partial charge in [-0.1, -0.05) is 57.5 Å². The van der Waals surface area contributed by atoms with E-state index in [1.807, 2.05) is 18.2 Å². The predicted molar refractivity (Wildman–Crippen MR) is 84.3 cm³/mol. The summed E-state index contributed by atoms with van der Waals surface area (Å²) in [6.45, 7) is 6.43. The van der Waals surface area contributed by atoms with Gasteiger partial charge < -0.3 is 11.1 Å². The van der Waals surface area contributed by atoms with Gasteiger partial charge in [-0.05, 0) is 24.3 Å². The molecule has 1 aromatic rings. The molecule has 0 aliphatic carbocycles. The van der Waals surface area contributed by atoms with Crippen LogP contribution in [0.15, 0.2) is 30.3 Å². The lowest BCUT2D eigenvalue weighted by molar-refractivity contribution is -0.122. The van der Waals surface area contributed by atoms with Crippen LogP contribution in [0.1, 0.15) is 58.1 Å². The number of benzene rings is 1. The van der Waals surface area contributed by atoms with Crippen molar-refractivity contribution in [3.8, 4) is 0 Å². The Hall–Kier alpha value is -1.35. The first-order valence-corrected chi connectivity index (χ1v) is 7.62. The lowest BCUT2D eigenvalue weighted by atomic mass is 9.96. The van der Waals surface area contributed by atoms with Crippen LogP contribution in [-0.4, -0.2) is 11.9 Å². The van der Waals surface area contributed by atoms with Crippen molar-refractivity contribution in [1.82, 2.24) is 5.32 Å². The Morgan fingerprint density at radius 2 is 1.90 bits per heavy atom. The first-order chi connectivity index (χ1) is 9.52. The monoisotopic (exact) mass is 276 g/mol. The number of nitrogens with one attached hydrogen (secondary N) is 1. The Kier molecular flexibility index (Phi) is 7.31. The minimum atomic E-state index is -0.0320. The largest absolute Gasteiger partial charge is 0.349 e. The Labute approximate surface area is 122 Å². The van der Waals surface area contributed by atoms with E-state index >= 15 is 0 Å². The number of hydrogen-bond acceptors (Lipinski definition) is 2. The summed E-state index contributed by atoms with van der Waals surface area (Å²) in [5, 5.41) is 3.14. The maximum atomic E-state index is 12.1. The maximum Gasteiger partial charge on any atom is 0.222 e. The highest BCUT2D eigenvalue weighted by Gasteiger charge is 2.17. The van der Waals surface area contributed by atoms with Crippen LogP contribution in [0.25, 0.3) is 0 Å². The van der Waals surface area contributed by atoms with Crippen LogP contribution in [0.4, 0.5) is 0 Å². The van der Waals surface area contributed by atoms with Crippen molar-refractivity contribution in [2.45, 2.75) is 58.5 Å². The normalized spacial score (nSPS) is 14.1. The van der Waals surface area contributed by atoms with Gasteiger partial charge in [0.15, 0.2) is 0 Å².